The summed E-state index contributed by atoms with van der Waals surface area (Å²) in [4.78, 5) is 30.8. The Morgan fingerprint density at radius 2 is 1.85 bits per heavy atom. The van der Waals surface area contributed by atoms with Crippen molar-refractivity contribution in [3.8, 4) is 11.3 Å². The lowest BCUT2D eigenvalue weighted by Gasteiger charge is -2.32. The van der Waals surface area contributed by atoms with Crippen LogP contribution in [-0.2, 0) is 13.1 Å². The number of likely N-dealkylation sites (N-methyl/N-ethyl adjacent to an activating group) is 1. The van der Waals surface area contributed by atoms with Gasteiger partial charge in [0.2, 0.25) is 5.95 Å². The summed E-state index contributed by atoms with van der Waals surface area (Å²) in [6, 6.07) is 12.1. The third kappa shape index (κ3) is 6.46. The molecular weight excluding hydrogens is 510 g/mol. The van der Waals surface area contributed by atoms with Gasteiger partial charge < -0.3 is 14.8 Å². The van der Waals surface area contributed by atoms with Gasteiger partial charge in [0.1, 0.15) is 5.82 Å². The Kier molecular flexibility index (Phi) is 8.55. The molecule has 1 fully saturated rings. The number of Topliss-reactive ketones (excluding diaryl/α,β-unsaturated/α-hetero) is 1. The normalized spacial score (nSPS) is 14.7. The number of hydrogen-bond donors (Lipinski definition) is 1. The van der Waals surface area contributed by atoms with Gasteiger partial charge in [-0.25, -0.2) is 15.0 Å². The quantitative estimate of drug-likeness (QED) is 0.192. The second-order valence-electron chi connectivity index (χ2n) is 10.4. The number of carbonyl (C=O) groups is 1. The maximum Gasteiger partial charge on any atom is 0.228 e. The number of anilines is 2. The van der Waals surface area contributed by atoms with E-state index >= 15 is 0 Å². The van der Waals surface area contributed by atoms with Crippen LogP contribution in [0.5, 0.6) is 0 Å². The maximum atomic E-state index is 12.3. The molecule has 1 saturated heterocycles. The minimum absolute atomic E-state index is 0.0675. The van der Waals surface area contributed by atoms with Crippen LogP contribution in [0.3, 0.4) is 0 Å². The first kappa shape index (κ1) is 27.2. The first-order chi connectivity index (χ1) is 18.9. The molecule has 0 bridgehead atoms. The summed E-state index contributed by atoms with van der Waals surface area (Å²) < 4.78 is 2.13. The lowest BCUT2D eigenvalue weighted by atomic mass is 10.1. The van der Waals surface area contributed by atoms with Crippen molar-refractivity contribution in [1.82, 2.24) is 29.3 Å². The Labute approximate surface area is 235 Å². The smallest absolute Gasteiger partial charge is 0.228 e. The average molecular weight is 546 g/mol. The molecule has 39 heavy (non-hydrogen) atoms. The number of carbonyl (C=O) groups excluding carboxylic acids is 1. The summed E-state index contributed by atoms with van der Waals surface area (Å²) in [5.41, 5.74) is 4.46. The molecule has 0 unspecified atom stereocenters. The summed E-state index contributed by atoms with van der Waals surface area (Å²) >= 11 is 6.54. The van der Waals surface area contributed by atoms with E-state index in [1.807, 2.05) is 30.5 Å². The minimum Gasteiger partial charge on any atom is -0.338 e. The van der Waals surface area contributed by atoms with Gasteiger partial charge in [-0.2, -0.15) is 0 Å². The molecule has 1 N–H and O–H groups in total. The van der Waals surface area contributed by atoms with Gasteiger partial charge in [-0.05, 0) is 43.3 Å². The maximum absolute atomic E-state index is 12.3. The topological polar surface area (TPSA) is 79.2 Å². The van der Waals surface area contributed by atoms with Crippen molar-refractivity contribution in [1.29, 1.82) is 0 Å². The second-order valence-corrected chi connectivity index (χ2v) is 10.8. The Morgan fingerprint density at radius 3 is 2.56 bits per heavy atom. The van der Waals surface area contributed by atoms with Crippen molar-refractivity contribution in [2.75, 3.05) is 38.5 Å². The predicted octanol–water partition coefficient (Wildman–Crippen LogP) is 6.03. The largest absolute Gasteiger partial charge is 0.338 e. The molecule has 9 heteroatoms. The zero-order valence-electron chi connectivity index (χ0n) is 23.0. The molecule has 4 heterocycles. The molecule has 0 atom stereocenters. The zero-order chi connectivity index (χ0) is 27.4. The van der Waals surface area contributed by atoms with Crippen molar-refractivity contribution < 1.29 is 4.79 Å². The van der Waals surface area contributed by atoms with Crippen LogP contribution in [0.15, 0.2) is 48.8 Å². The predicted molar refractivity (Wildman–Crippen MR) is 158 cm³/mol. The number of pyridine rings is 1. The fraction of sp³-hybridized carbons (Fsp3) is 0.400. The first-order valence-corrected chi connectivity index (χ1v) is 14.1. The number of ketones is 1. The van der Waals surface area contributed by atoms with E-state index in [1.165, 1.54) is 5.56 Å². The second kappa shape index (κ2) is 12.2. The molecule has 1 aliphatic rings. The van der Waals surface area contributed by atoms with Crippen molar-refractivity contribution >= 4 is 40.1 Å². The summed E-state index contributed by atoms with van der Waals surface area (Å²) in [6.07, 6.45) is 6.82. The van der Waals surface area contributed by atoms with E-state index in [0.717, 1.165) is 80.7 Å². The number of hydrogen-bond acceptors (Lipinski definition) is 7. The lowest BCUT2D eigenvalue weighted by molar-refractivity contribution is 0.100. The summed E-state index contributed by atoms with van der Waals surface area (Å²) in [7, 11) is 2.17. The van der Waals surface area contributed by atoms with E-state index in [2.05, 4.69) is 55.8 Å². The van der Waals surface area contributed by atoms with E-state index in [1.54, 1.807) is 13.1 Å². The number of aromatic nitrogens is 4. The summed E-state index contributed by atoms with van der Waals surface area (Å²) in [5, 5.41) is 4.67. The van der Waals surface area contributed by atoms with Crippen LogP contribution in [0.4, 0.5) is 11.8 Å². The summed E-state index contributed by atoms with van der Waals surface area (Å²) in [6.45, 7) is 9.87. The van der Waals surface area contributed by atoms with E-state index in [4.69, 9.17) is 16.6 Å². The highest BCUT2D eigenvalue weighted by atomic mass is 35.5. The van der Waals surface area contributed by atoms with Gasteiger partial charge in [0.05, 0.1) is 22.6 Å². The number of aryl methyl sites for hydroxylation is 1. The molecule has 0 spiro atoms. The lowest BCUT2D eigenvalue weighted by Crippen LogP contribution is -2.43. The van der Waals surface area contributed by atoms with Crippen molar-refractivity contribution in [2.24, 2.45) is 0 Å². The van der Waals surface area contributed by atoms with Crippen LogP contribution in [0.1, 0.15) is 49.2 Å². The average Bonchev–Trinajstić information content (AvgIpc) is 3.30. The fourth-order valence-electron chi connectivity index (χ4n) is 5.07. The molecule has 204 valence electrons. The molecule has 0 amide bonds. The Morgan fingerprint density at radius 1 is 1.03 bits per heavy atom. The van der Waals surface area contributed by atoms with Crippen LogP contribution >= 0.6 is 11.6 Å². The molecule has 0 saturated carbocycles. The number of piperazine rings is 1. The molecule has 1 aliphatic heterocycles. The third-order valence-electron chi connectivity index (χ3n) is 7.33. The molecule has 1 aromatic carbocycles. The molecule has 5 rings (SSSR count). The van der Waals surface area contributed by atoms with Crippen LogP contribution < -0.4 is 5.32 Å². The zero-order valence-corrected chi connectivity index (χ0v) is 23.7. The molecule has 0 aliphatic carbocycles. The Balaban J connectivity index is 1.34. The van der Waals surface area contributed by atoms with Gasteiger partial charge in [-0.1, -0.05) is 43.5 Å². The van der Waals surface area contributed by atoms with E-state index in [0.29, 0.717) is 22.5 Å². The van der Waals surface area contributed by atoms with Gasteiger partial charge in [0, 0.05) is 68.9 Å². The van der Waals surface area contributed by atoms with Crippen molar-refractivity contribution in [2.45, 2.75) is 46.2 Å². The number of nitrogens with one attached hydrogen (secondary N) is 1. The van der Waals surface area contributed by atoms with Gasteiger partial charge >= 0.3 is 0 Å². The number of unbranched alkanes of at least 4 members (excludes halogenated alkanes) is 2. The molecule has 4 aromatic rings. The van der Waals surface area contributed by atoms with E-state index in [9.17, 15) is 4.79 Å². The van der Waals surface area contributed by atoms with Gasteiger partial charge in [-0.3, -0.25) is 9.69 Å². The highest BCUT2D eigenvalue weighted by molar-refractivity contribution is 6.33. The van der Waals surface area contributed by atoms with Crippen molar-refractivity contribution in [3.05, 3.63) is 65.1 Å². The highest BCUT2D eigenvalue weighted by Gasteiger charge is 2.16. The van der Waals surface area contributed by atoms with Gasteiger partial charge in [0.25, 0.3) is 0 Å². The van der Waals surface area contributed by atoms with E-state index < -0.39 is 0 Å². The van der Waals surface area contributed by atoms with Crippen LogP contribution in [0, 0.1) is 0 Å². The Hall–Kier alpha value is -3.33. The standard InChI is InChI=1S/C30H36ClN7O/c1-4-5-6-11-38-26-9-8-23(16-24(26)17-27(38)21(2)39)29-25(31)19-33-30(35-29)34-28-10-7-22(18-32-28)20-37-14-12-36(3)13-15-37/h7-10,16-19H,4-6,11-15,20H2,1-3H3,(H,32,33,34,35). The van der Waals surface area contributed by atoms with E-state index in [-0.39, 0.29) is 5.78 Å². The fourth-order valence-corrected chi connectivity index (χ4v) is 5.27. The summed E-state index contributed by atoms with van der Waals surface area (Å²) in [5.74, 6) is 1.17. The number of fused-ring (bicyclic) bond motifs is 1. The highest BCUT2D eigenvalue weighted by Crippen LogP contribution is 2.31. The van der Waals surface area contributed by atoms with Crippen LogP contribution in [-0.4, -0.2) is 68.3 Å². The molecule has 0 radical (unpaired) electrons. The monoisotopic (exact) mass is 545 g/mol. The van der Waals surface area contributed by atoms with Crippen molar-refractivity contribution in [3.63, 3.8) is 0 Å². The van der Waals surface area contributed by atoms with Crippen LogP contribution in [0.2, 0.25) is 5.02 Å². The number of benzene rings is 1. The molecule has 8 nitrogen and oxygen atoms in total. The first-order valence-electron chi connectivity index (χ1n) is 13.7. The number of rotatable bonds is 10. The number of halogens is 1. The number of nitrogens with zero attached hydrogens (tertiary/aromatic N) is 6. The SMILES string of the molecule is CCCCCn1c(C(C)=O)cc2cc(-c3nc(Nc4ccc(CN5CCN(C)CC5)cn4)ncc3Cl)ccc21. The molecular formula is C30H36ClN7O. The third-order valence-corrected chi connectivity index (χ3v) is 7.61. The molecule has 3 aromatic heterocycles. The van der Waals surface area contributed by atoms with Crippen LogP contribution in [0.25, 0.3) is 22.2 Å². The van der Waals surface area contributed by atoms with Gasteiger partial charge in [-0.15, -0.1) is 0 Å². The Bertz CT molecular complexity index is 1440. The van der Waals surface area contributed by atoms with Gasteiger partial charge in [0.15, 0.2) is 5.78 Å². The minimum atomic E-state index is 0.0675.